The molecular weight excluding hydrogens is 346 g/mol. The third-order valence-corrected chi connectivity index (χ3v) is 6.77. The van der Waals surface area contributed by atoms with Gasteiger partial charge in [-0.05, 0) is 61.2 Å². The van der Waals surface area contributed by atoms with Crippen LogP contribution in [0.3, 0.4) is 0 Å². The van der Waals surface area contributed by atoms with E-state index in [1.54, 1.807) is 24.3 Å². The molecule has 6 rings (SSSR count). The number of halogens is 2. The Morgan fingerprint density at radius 1 is 1.00 bits per heavy atom. The first kappa shape index (κ1) is 17.1. The van der Waals surface area contributed by atoms with Crippen molar-refractivity contribution in [2.45, 2.75) is 37.4 Å². The van der Waals surface area contributed by atoms with Gasteiger partial charge in [-0.1, -0.05) is 24.3 Å². The second kappa shape index (κ2) is 6.57. The van der Waals surface area contributed by atoms with Gasteiger partial charge in [0.25, 0.3) is 0 Å². The fourth-order valence-electron chi connectivity index (χ4n) is 5.69. The Morgan fingerprint density at radius 3 is 2.56 bits per heavy atom. The number of rotatable bonds is 3. The van der Waals surface area contributed by atoms with E-state index < -0.39 is 11.6 Å². The van der Waals surface area contributed by atoms with Gasteiger partial charge in [-0.2, -0.15) is 0 Å². The fraction of sp³-hybridized carbons (Fsp3) is 0.455. The summed E-state index contributed by atoms with van der Waals surface area (Å²) in [5.74, 6) is -0.593. The zero-order chi connectivity index (χ0) is 18.5. The van der Waals surface area contributed by atoms with Gasteiger partial charge >= 0.3 is 0 Å². The quantitative estimate of drug-likeness (QED) is 0.892. The molecule has 4 saturated heterocycles. The van der Waals surface area contributed by atoms with E-state index in [0.29, 0.717) is 17.5 Å². The lowest BCUT2D eigenvalue weighted by atomic mass is 9.75. The molecule has 0 amide bonds. The summed E-state index contributed by atoms with van der Waals surface area (Å²) in [7, 11) is 0. The van der Waals surface area contributed by atoms with Crippen molar-refractivity contribution in [1.82, 2.24) is 9.80 Å². The van der Waals surface area contributed by atoms with Crippen molar-refractivity contribution in [1.29, 1.82) is 0 Å². The minimum absolute atomic E-state index is 0.0221. The largest absolute Gasteiger partial charge is 0.508 e. The van der Waals surface area contributed by atoms with Crippen LogP contribution in [-0.2, 0) is 6.54 Å². The number of aromatic hydroxyl groups is 1. The fourth-order valence-corrected chi connectivity index (χ4v) is 5.69. The monoisotopic (exact) mass is 370 g/mol. The molecule has 4 aliphatic heterocycles. The maximum atomic E-state index is 14.6. The minimum atomic E-state index is -0.758. The van der Waals surface area contributed by atoms with Crippen LogP contribution in [0.1, 0.15) is 29.9 Å². The lowest BCUT2D eigenvalue weighted by Gasteiger charge is -2.51. The standard InChI is InChI=1S/C22H24F2N2O/c23-19-6-2-5-17(20(19)24)18-13-26(12-14-3-1-4-16(27)11-14)21-15-7-9-25(10-8-15)22(18)21/h1-6,11,15,18,21-22,27H,7-10,12-13H2/t18-,21+,22+/m1/s1. The number of nitrogens with zero attached hydrogens (tertiary/aromatic N) is 2. The molecule has 0 aliphatic carbocycles. The molecule has 142 valence electrons. The highest BCUT2D eigenvalue weighted by atomic mass is 19.2. The van der Waals surface area contributed by atoms with Gasteiger partial charge in [0.15, 0.2) is 11.6 Å². The second-order valence-electron chi connectivity index (χ2n) is 8.20. The molecule has 4 fully saturated rings. The smallest absolute Gasteiger partial charge is 0.162 e. The molecule has 0 saturated carbocycles. The third kappa shape index (κ3) is 2.84. The summed E-state index contributed by atoms with van der Waals surface area (Å²) in [6, 6.07) is 12.5. The molecule has 2 bridgehead atoms. The zero-order valence-corrected chi connectivity index (χ0v) is 15.2. The van der Waals surface area contributed by atoms with Crippen LogP contribution in [0.15, 0.2) is 42.5 Å². The van der Waals surface area contributed by atoms with E-state index in [-0.39, 0.29) is 17.7 Å². The van der Waals surface area contributed by atoms with Crippen LogP contribution in [0, 0.1) is 17.6 Å². The lowest BCUT2D eigenvalue weighted by Crippen LogP contribution is -2.60. The Bertz CT molecular complexity index is 850. The topological polar surface area (TPSA) is 26.7 Å². The first-order valence-electron chi connectivity index (χ1n) is 9.82. The van der Waals surface area contributed by atoms with Gasteiger partial charge in [-0.15, -0.1) is 0 Å². The Balaban J connectivity index is 1.51. The Morgan fingerprint density at radius 2 is 1.78 bits per heavy atom. The average Bonchev–Trinajstić information content (AvgIpc) is 3.06. The van der Waals surface area contributed by atoms with E-state index in [0.717, 1.165) is 31.7 Å². The number of piperidine rings is 3. The maximum absolute atomic E-state index is 14.6. The van der Waals surface area contributed by atoms with Crippen molar-refractivity contribution in [3.8, 4) is 5.75 Å². The second-order valence-corrected chi connectivity index (χ2v) is 8.20. The number of likely N-dealkylation sites (tertiary alicyclic amines) is 1. The van der Waals surface area contributed by atoms with Crippen molar-refractivity contribution < 1.29 is 13.9 Å². The molecule has 3 atom stereocenters. The molecule has 2 aromatic rings. The van der Waals surface area contributed by atoms with Gasteiger partial charge in [-0.3, -0.25) is 9.80 Å². The molecule has 0 radical (unpaired) electrons. The number of hydrogen-bond donors (Lipinski definition) is 1. The SMILES string of the molecule is Oc1cccc(CN2C[C@H](c3cccc(F)c3F)[C@H]3[C@@H]2C2CCN3CC2)c1. The van der Waals surface area contributed by atoms with Crippen molar-refractivity contribution >= 4 is 0 Å². The minimum Gasteiger partial charge on any atom is -0.508 e. The van der Waals surface area contributed by atoms with Crippen LogP contribution in [-0.4, -0.2) is 46.6 Å². The number of fused-ring (bicyclic) bond motifs is 2. The Labute approximate surface area is 158 Å². The molecule has 3 nitrogen and oxygen atoms in total. The molecule has 4 heterocycles. The molecule has 0 aromatic heterocycles. The average molecular weight is 370 g/mol. The molecule has 1 N–H and O–H groups in total. The summed E-state index contributed by atoms with van der Waals surface area (Å²) >= 11 is 0. The summed E-state index contributed by atoms with van der Waals surface area (Å²) in [5, 5.41) is 9.80. The van der Waals surface area contributed by atoms with Crippen LogP contribution < -0.4 is 0 Å². The van der Waals surface area contributed by atoms with Crippen molar-refractivity contribution in [3.63, 3.8) is 0 Å². The van der Waals surface area contributed by atoms with Gasteiger partial charge in [0.05, 0.1) is 0 Å². The van der Waals surface area contributed by atoms with E-state index in [2.05, 4.69) is 9.80 Å². The lowest BCUT2D eigenvalue weighted by molar-refractivity contribution is -0.00889. The summed E-state index contributed by atoms with van der Waals surface area (Å²) in [6.07, 6.45) is 2.35. The highest BCUT2D eigenvalue weighted by Crippen LogP contribution is 2.47. The molecule has 2 aromatic carbocycles. The van der Waals surface area contributed by atoms with Gasteiger partial charge in [0.2, 0.25) is 0 Å². The summed E-state index contributed by atoms with van der Waals surface area (Å²) < 4.78 is 28.5. The van der Waals surface area contributed by atoms with Crippen molar-refractivity contribution in [2.75, 3.05) is 19.6 Å². The highest BCUT2D eigenvalue weighted by Gasteiger charge is 2.53. The zero-order valence-electron chi connectivity index (χ0n) is 15.2. The van der Waals surface area contributed by atoms with Crippen LogP contribution in [0.4, 0.5) is 8.78 Å². The van der Waals surface area contributed by atoms with Crippen LogP contribution >= 0.6 is 0 Å². The molecule has 0 unspecified atom stereocenters. The van der Waals surface area contributed by atoms with Gasteiger partial charge in [0, 0.05) is 31.1 Å². The van der Waals surface area contributed by atoms with Crippen molar-refractivity contribution in [2.24, 2.45) is 5.92 Å². The maximum Gasteiger partial charge on any atom is 0.162 e. The predicted molar refractivity (Wildman–Crippen MR) is 99.5 cm³/mol. The normalized spacial score (nSPS) is 32.6. The molecule has 4 aliphatic rings. The molecular formula is C22H24F2N2O. The van der Waals surface area contributed by atoms with E-state index in [1.165, 1.54) is 18.9 Å². The predicted octanol–water partition coefficient (Wildman–Crippen LogP) is 3.73. The number of phenolic OH excluding ortho intramolecular Hbond substituents is 1. The van der Waals surface area contributed by atoms with Gasteiger partial charge in [0.1, 0.15) is 5.75 Å². The molecule has 27 heavy (non-hydrogen) atoms. The van der Waals surface area contributed by atoms with Crippen LogP contribution in [0.5, 0.6) is 5.75 Å². The Hall–Kier alpha value is -1.98. The van der Waals surface area contributed by atoms with Gasteiger partial charge in [-0.25, -0.2) is 8.78 Å². The summed E-state index contributed by atoms with van der Waals surface area (Å²) in [5.41, 5.74) is 1.57. The van der Waals surface area contributed by atoms with E-state index >= 15 is 0 Å². The van der Waals surface area contributed by atoms with E-state index in [9.17, 15) is 13.9 Å². The molecule has 5 heteroatoms. The van der Waals surface area contributed by atoms with Crippen LogP contribution in [0.2, 0.25) is 0 Å². The summed E-state index contributed by atoms with van der Waals surface area (Å²) in [6.45, 7) is 3.56. The summed E-state index contributed by atoms with van der Waals surface area (Å²) in [4.78, 5) is 4.92. The van der Waals surface area contributed by atoms with Crippen molar-refractivity contribution in [3.05, 3.63) is 65.2 Å². The highest BCUT2D eigenvalue weighted by molar-refractivity contribution is 5.31. The number of phenols is 1. The first-order chi connectivity index (χ1) is 13.1. The first-order valence-corrected chi connectivity index (χ1v) is 9.82. The third-order valence-electron chi connectivity index (χ3n) is 6.77. The number of benzene rings is 2. The molecule has 0 spiro atoms. The van der Waals surface area contributed by atoms with E-state index in [4.69, 9.17) is 0 Å². The van der Waals surface area contributed by atoms with Gasteiger partial charge < -0.3 is 5.11 Å². The van der Waals surface area contributed by atoms with E-state index in [1.807, 2.05) is 12.1 Å². The van der Waals surface area contributed by atoms with Crippen LogP contribution in [0.25, 0.3) is 0 Å². The number of hydrogen-bond acceptors (Lipinski definition) is 3. The Kier molecular flexibility index (Phi) is 4.17.